The van der Waals surface area contributed by atoms with Crippen molar-refractivity contribution >= 4 is 5.91 Å². The molecule has 1 atom stereocenters. The van der Waals surface area contributed by atoms with Gasteiger partial charge in [-0.3, -0.25) is 9.69 Å². The molecule has 0 bridgehead atoms. The van der Waals surface area contributed by atoms with Crippen LogP contribution in [0.3, 0.4) is 0 Å². The van der Waals surface area contributed by atoms with E-state index in [0.717, 1.165) is 43.9 Å². The van der Waals surface area contributed by atoms with E-state index in [-0.39, 0.29) is 5.91 Å². The number of amides is 1. The number of benzene rings is 2. The summed E-state index contributed by atoms with van der Waals surface area (Å²) in [7, 11) is 2.15. The van der Waals surface area contributed by atoms with Gasteiger partial charge < -0.3 is 19.5 Å². The van der Waals surface area contributed by atoms with Crippen LogP contribution in [0, 0.1) is 6.92 Å². The number of nitrogens with one attached hydrogen (secondary N) is 1. The first-order chi connectivity index (χ1) is 16.3. The fraction of sp³-hybridized carbons (Fsp3) is 0.536. The Kier molecular flexibility index (Phi) is 9.78. The van der Waals surface area contributed by atoms with Crippen LogP contribution in [0.4, 0.5) is 0 Å². The SMILES string of the molecule is Cc1cc(OC(C)C(=O)NCc2cccc(OCCN(C)C3CCOCC3)c2)ccc1C(C)C. The summed E-state index contributed by atoms with van der Waals surface area (Å²) in [6, 6.07) is 14.5. The number of carbonyl (C=O) groups is 1. The van der Waals surface area contributed by atoms with Crippen molar-refractivity contribution in [2.75, 3.05) is 33.4 Å². The van der Waals surface area contributed by atoms with E-state index in [9.17, 15) is 4.79 Å². The predicted molar refractivity (Wildman–Crippen MR) is 136 cm³/mol. The monoisotopic (exact) mass is 468 g/mol. The molecule has 1 amide bonds. The smallest absolute Gasteiger partial charge is 0.261 e. The largest absolute Gasteiger partial charge is 0.492 e. The summed E-state index contributed by atoms with van der Waals surface area (Å²) in [6.07, 6.45) is 1.58. The van der Waals surface area contributed by atoms with E-state index in [0.29, 0.717) is 30.9 Å². The van der Waals surface area contributed by atoms with Crippen molar-refractivity contribution in [2.45, 2.75) is 65.1 Å². The number of hydrogen-bond donors (Lipinski definition) is 1. The van der Waals surface area contributed by atoms with Gasteiger partial charge in [0.1, 0.15) is 18.1 Å². The lowest BCUT2D eigenvalue weighted by atomic mass is 9.98. The Morgan fingerprint density at radius 1 is 1.12 bits per heavy atom. The molecular weight excluding hydrogens is 428 g/mol. The number of ether oxygens (including phenoxy) is 3. The first-order valence-electron chi connectivity index (χ1n) is 12.4. The lowest BCUT2D eigenvalue weighted by Crippen LogP contribution is -2.38. The summed E-state index contributed by atoms with van der Waals surface area (Å²) in [5.41, 5.74) is 3.46. The Labute approximate surface area is 204 Å². The summed E-state index contributed by atoms with van der Waals surface area (Å²) < 4.78 is 17.3. The third-order valence-corrected chi connectivity index (χ3v) is 6.44. The van der Waals surface area contributed by atoms with Gasteiger partial charge in [0.05, 0.1) is 0 Å². The van der Waals surface area contributed by atoms with Crippen molar-refractivity contribution < 1.29 is 19.0 Å². The zero-order valence-electron chi connectivity index (χ0n) is 21.3. The van der Waals surface area contributed by atoms with E-state index >= 15 is 0 Å². The van der Waals surface area contributed by atoms with Crippen LogP contribution in [0.15, 0.2) is 42.5 Å². The van der Waals surface area contributed by atoms with Gasteiger partial charge in [-0.05, 0) is 80.6 Å². The summed E-state index contributed by atoms with van der Waals surface area (Å²) in [4.78, 5) is 14.9. The first-order valence-corrected chi connectivity index (χ1v) is 12.4. The Morgan fingerprint density at radius 2 is 1.88 bits per heavy atom. The van der Waals surface area contributed by atoms with E-state index in [1.807, 2.05) is 36.4 Å². The zero-order valence-corrected chi connectivity index (χ0v) is 21.3. The molecule has 1 aliphatic rings. The number of likely N-dealkylation sites (N-methyl/N-ethyl adjacent to an activating group) is 1. The van der Waals surface area contributed by atoms with Gasteiger partial charge in [-0.15, -0.1) is 0 Å². The van der Waals surface area contributed by atoms with Gasteiger partial charge >= 0.3 is 0 Å². The summed E-state index contributed by atoms with van der Waals surface area (Å²) in [6.45, 7) is 11.8. The van der Waals surface area contributed by atoms with E-state index in [2.05, 4.69) is 44.1 Å². The molecule has 34 heavy (non-hydrogen) atoms. The molecule has 0 radical (unpaired) electrons. The molecule has 1 heterocycles. The second-order valence-electron chi connectivity index (χ2n) is 9.47. The standard InChI is InChI=1S/C28H40N2O4/c1-20(2)27-10-9-26(17-21(27)3)34-22(4)28(31)29-19-23-7-6-8-25(18-23)33-16-13-30(5)24-11-14-32-15-12-24/h6-10,17-18,20,22,24H,11-16,19H2,1-5H3,(H,29,31). The second kappa shape index (κ2) is 12.8. The highest BCUT2D eigenvalue weighted by Gasteiger charge is 2.18. The normalized spacial score (nSPS) is 15.4. The topological polar surface area (TPSA) is 60.0 Å². The van der Waals surface area contributed by atoms with E-state index < -0.39 is 6.10 Å². The highest BCUT2D eigenvalue weighted by molar-refractivity contribution is 5.80. The highest BCUT2D eigenvalue weighted by Crippen LogP contribution is 2.24. The maximum absolute atomic E-state index is 12.6. The van der Waals surface area contributed by atoms with Gasteiger partial charge in [0.2, 0.25) is 0 Å². The van der Waals surface area contributed by atoms with Crippen LogP contribution in [-0.2, 0) is 16.1 Å². The minimum absolute atomic E-state index is 0.144. The molecule has 3 rings (SSSR count). The van der Waals surface area contributed by atoms with Gasteiger partial charge in [-0.1, -0.05) is 32.0 Å². The van der Waals surface area contributed by atoms with Crippen LogP contribution in [0.5, 0.6) is 11.5 Å². The number of hydrogen-bond acceptors (Lipinski definition) is 5. The number of rotatable bonds is 11. The molecule has 1 saturated heterocycles. The molecule has 0 spiro atoms. The lowest BCUT2D eigenvalue weighted by molar-refractivity contribution is -0.127. The molecule has 6 nitrogen and oxygen atoms in total. The maximum atomic E-state index is 12.6. The van der Waals surface area contributed by atoms with Crippen LogP contribution >= 0.6 is 0 Å². The van der Waals surface area contributed by atoms with Crippen LogP contribution in [-0.4, -0.2) is 56.4 Å². The lowest BCUT2D eigenvalue weighted by Gasteiger charge is -2.31. The van der Waals surface area contributed by atoms with Crippen molar-refractivity contribution in [3.63, 3.8) is 0 Å². The van der Waals surface area contributed by atoms with Crippen molar-refractivity contribution in [3.05, 3.63) is 59.2 Å². The Morgan fingerprint density at radius 3 is 2.59 bits per heavy atom. The van der Waals surface area contributed by atoms with Gasteiger partial charge in [0, 0.05) is 32.3 Å². The fourth-order valence-corrected chi connectivity index (χ4v) is 4.32. The second-order valence-corrected chi connectivity index (χ2v) is 9.47. The van der Waals surface area contributed by atoms with Gasteiger partial charge in [0.15, 0.2) is 6.10 Å². The molecule has 1 fully saturated rings. The van der Waals surface area contributed by atoms with Crippen molar-refractivity contribution in [1.29, 1.82) is 0 Å². The van der Waals surface area contributed by atoms with Crippen LogP contribution < -0.4 is 14.8 Å². The summed E-state index contributed by atoms with van der Waals surface area (Å²) >= 11 is 0. The number of aryl methyl sites for hydroxylation is 1. The van der Waals surface area contributed by atoms with Crippen LogP contribution in [0.1, 0.15) is 56.2 Å². The van der Waals surface area contributed by atoms with Crippen LogP contribution in [0.25, 0.3) is 0 Å². The van der Waals surface area contributed by atoms with Crippen molar-refractivity contribution in [1.82, 2.24) is 10.2 Å². The minimum Gasteiger partial charge on any atom is -0.492 e. The number of carbonyl (C=O) groups excluding carboxylic acids is 1. The molecule has 186 valence electrons. The highest BCUT2D eigenvalue weighted by atomic mass is 16.5. The van der Waals surface area contributed by atoms with Gasteiger partial charge in [-0.2, -0.15) is 0 Å². The summed E-state index contributed by atoms with van der Waals surface area (Å²) in [5, 5.41) is 2.97. The van der Waals surface area contributed by atoms with Crippen molar-refractivity contribution in [3.8, 4) is 11.5 Å². The Hall–Kier alpha value is -2.57. The average molecular weight is 469 g/mol. The molecule has 2 aromatic carbocycles. The summed E-state index contributed by atoms with van der Waals surface area (Å²) in [5.74, 6) is 1.85. The Balaban J connectivity index is 1.43. The van der Waals surface area contributed by atoms with Crippen molar-refractivity contribution in [2.24, 2.45) is 0 Å². The van der Waals surface area contributed by atoms with E-state index in [1.54, 1.807) is 6.92 Å². The predicted octanol–water partition coefficient (Wildman–Crippen LogP) is 4.69. The minimum atomic E-state index is -0.579. The molecule has 6 heteroatoms. The third kappa shape index (κ3) is 7.74. The molecule has 1 aliphatic heterocycles. The van der Waals surface area contributed by atoms with Gasteiger partial charge in [-0.25, -0.2) is 0 Å². The first kappa shape index (κ1) is 26.0. The molecule has 1 N–H and O–H groups in total. The molecule has 1 unspecified atom stereocenters. The zero-order chi connectivity index (χ0) is 24.5. The quantitative estimate of drug-likeness (QED) is 0.518. The molecule has 2 aromatic rings. The molecule has 0 saturated carbocycles. The Bertz CT molecular complexity index is 924. The molecule has 0 aliphatic carbocycles. The van der Waals surface area contributed by atoms with Gasteiger partial charge in [0.25, 0.3) is 5.91 Å². The van der Waals surface area contributed by atoms with Crippen LogP contribution in [0.2, 0.25) is 0 Å². The molecular formula is C28H40N2O4. The number of nitrogens with zero attached hydrogens (tertiary/aromatic N) is 1. The fourth-order valence-electron chi connectivity index (χ4n) is 4.32. The van der Waals surface area contributed by atoms with E-state index in [4.69, 9.17) is 14.2 Å². The molecule has 0 aromatic heterocycles. The maximum Gasteiger partial charge on any atom is 0.261 e. The van der Waals surface area contributed by atoms with E-state index in [1.165, 1.54) is 11.1 Å². The average Bonchev–Trinajstić information content (AvgIpc) is 2.83. The third-order valence-electron chi connectivity index (χ3n) is 6.44.